The molecule has 0 radical (unpaired) electrons. The van der Waals surface area contributed by atoms with Crippen LogP contribution in [0.5, 0.6) is 0 Å². The zero-order valence-corrected chi connectivity index (χ0v) is 13.5. The van der Waals surface area contributed by atoms with Crippen LogP contribution in [0.3, 0.4) is 0 Å². The maximum Gasteiger partial charge on any atom is 0.241 e. The average Bonchev–Trinajstić information content (AvgIpc) is 2.83. The molecule has 0 aromatic heterocycles. The van der Waals surface area contributed by atoms with Crippen LogP contribution in [-0.2, 0) is 4.79 Å². The Balaban J connectivity index is 2.28. The molecule has 110 valence electrons. The van der Waals surface area contributed by atoms with Crippen molar-refractivity contribution in [2.24, 2.45) is 0 Å². The highest BCUT2D eigenvalue weighted by Gasteiger charge is 2.40. The van der Waals surface area contributed by atoms with Gasteiger partial charge in [0.1, 0.15) is 6.17 Å². The summed E-state index contributed by atoms with van der Waals surface area (Å²) in [4.78, 5) is 15.8. The monoisotopic (exact) mass is 292 g/mol. The SMILES string of the molecule is CCC1NC(c2ccc(SC)cc2)N(C(C)CC)C1=O. The molecule has 3 nitrogen and oxygen atoms in total. The number of carbonyl (C=O) groups excluding carboxylic acids is 1. The summed E-state index contributed by atoms with van der Waals surface area (Å²) in [6.45, 7) is 6.32. The normalized spacial score (nSPS) is 24.2. The van der Waals surface area contributed by atoms with Crippen molar-refractivity contribution < 1.29 is 4.79 Å². The van der Waals surface area contributed by atoms with Gasteiger partial charge in [0.05, 0.1) is 6.04 Å². The lowest BCUT2D eigenvalue weighted by atomic mass is 10.1. The Labute approximate surface area is 126 Å². The van der Waals surface area contributed by atoms with E-state index < -0.39 is 0 Å². The maximum absolute atomic E-state index is 12.5. The highest BCUT2D eigenvalue weighted by atomic mass is 32.2. The minimum absolute atomic E-state index is 0.0123. The van der Waals surface area contributed by atoms with Gasteiger partial charge in [-0.3, -0.25) is 10.1 Å². The van der Waals surface area contributed by atoms with Gasteiger partial charge in [0.15, 0.2) is 0 Å². The van der Waals surface area contributed by atoms with Crippen molar-refractivity contribution >= 4 is 17.7 Å². The molecule has 1 N–H and O–H groups in total. The zero-order valence-electron chi connectivity index (χ0n) is 12.7. The molecular formula is C16H24N2OS. The van der Waals surface area contributed by atoms with Gasteiger partial charge in [-0.1, -0.05) is 26.0 Å². The number of nitrogens with one attached hydrogen (secondary N) is 1. The number of thioether (sulfide) groups is 1. The van der Waals surface area contributed by atoms with E-state index in [2.05, 4.69) is 56.6 Å². The first kappa shape index (κ1) is 15.4. The van der Waals surface area contributed by atoms with E-state index >= 15 is 0 Å². The molecule has 1 amide bonds. The fourth-order valence-corrected chi connectivity index (χ4v) is 3.06. The van der Waals surface area contributed by atoms with Gasteiger partial charge in [0.25, 0.3) is 0 Å². The second-order valence-corrected chi connectivity index (χ2v) is 6.19. The molecule has 1 aliphatic heterocycles. The maximum atomic E-state index is 12.5. The van der Waals surface area contributed by atoms with Crippen molar-refractivity contribution in [1.29, 1.82) is 0 Å². The molecule has 0 bridgehead atoms. The van der Waals surface area contributed by atoms with Gasteiger partial charge in [0.2, 0.25) is 5.91 Å². The summed E-state index contributed by atoms with van der Waals surface area (Å²) in [7, 11) is 0. The van der Waals surface area contributed by atoms with Crippen LogP contribution >= 0.6 is 11.8 Å². The van der Waals surface area contributed by atoms with Gasteiger partial charge in [-0.05, 0) is 43.7 Å². The third kappa shape index (κ3) is 2.86. The highest BCUT2D eigenvalue weighted by Crippen LogP contribution is 2.30. The summed E-state index contributed by atoms with van der Waals surface area (Å²) in [6, 6.07) is 8.72. The molecule has 1 fully saturated rings. The number of hydrogen-bond donors (Lipinski definition) is 1. The summed E-state index contributed by atoms with van der Waals surface area (Å²) in [5.41, 5.74) is 1.17. The predicted octanol–water partition coefficient (Wildman–Crippen LogP) is 3.42. The van der Waals surface area contributed by atoms with Gasteiger partial charge >= 0.3 is 0 Å². The van der Waals surface area contributed by atoms with E-state index in [1.165, 1.54) is 10.5 Å². The van der Waals surface area contributed by atoms with Crippen molar-refractivity contribution in [2.75, 3.05) is 6.26 Å². The lowest BCUT2D eigenvalue weighted by Gasteiger charge is -2.30. The Morgan fingerprint density at radius 3 is 2.45 bits per heavy atom. The van der Waals surface area contributed by atoms with E-state index in [-0.39, 0.29) is 24.2 Å². The molecule has 0 aliphatic carbocycles. The first-order chi connectivity index (χ1) is 9.62. The van der Waals surface area contributed by atoms with E-state index in [4.69, 9.17) is 0 Å². The molecule has 20 heavy (non-hydrogen) atoms. The summed E-state index contributed by atoms with van der Waals surface area (Å²) >= 11 is 1.74. The molecule has 1 aromatic rings. The van der Waals surface area contributed by atoms with E-state index in [1.54, 1.807) is 11.8 Å². The Kier molecular flexibility index (Phi) is 5.11. The van der Waals surface area contributed by atoms with Gasteiger partial charge in [-0.2, -0.15) is 0 Å². The quantitative estimate of drug-likeness (QED) is 0.844. The van der Waals surface area contributed by atoms with E-state index in [9.17, 15) is 4.79 Å². The first-order valence-electron chi connectivity index (χ1n) is 7.34. The fraction of sp³-hybridized carbons (Fsp3) is 0.562. The molecule has 1 aromatic carbocycles. The van der Waals surface area contributed by atoms with Crippen LogP contribution in [0.2, 0.25) is 0 Å². The molecule has 2 rings (SSSR count). The number of rotatable bonds is 5. The Morgan fingerprint density at radius 2 is 1.95 bits per heavy atom. The second kappa shape index (κ2) is 6.64. The third-order valence-electron chi connectivity index (χ3n) is 4.10. The predicted molar refractivity (Wildman–Crippen MR) is 84.8 cm³/mol. The lowest BCUT2D eigenvalue weighted by molar-refractivity contribution is -0.132. The second-order valence-electron chi connectivity index (χ2n) is 5.31. The largest absolute Gasteiger partial charge is 0.319 e. The van der Waals surface area contributed by atoms with Gasteiger partial charge in [-0.15, -0.1) is 11.8 Å². The van der Waals surface area contributed by atoms with Crippen molar-refractivity contribution in [3.8, 4) is 0 Å². The van der Waals surface area contributed by atoms with Crippen molar-refractivity contribution in [3.63, 3.8) is 0 Å². The average molecular weight is 292 g/mol. The van der Waals surface area contributed by atoms with Crippen LogP contribution in [0.25, 0.3) is 0 Å². The van der Waals surface area contributed by atoms with E-state index in [1.807, 2.05) is 4.90 Å². The molecule has 0 spiro atoms. The molecule has 4 heteroatoms. The molecule has 1 aliphatic rings. The molecular weight excluding hydrogens is 268 g/mol. The number of nitrogens with zero attached hydrogens (tertiary/aromatic N) is 1. The highest BCUT2D eigenvalue weighted by molar-refractivity contribution is 7.98. The first-order valence-corrected chi connectivity index (χ1v) is 8.57. The Hall–Kier alpha value is -1.00. The minimum Gasteiger partial charge on any atom is -0.319 e. The van der Waals surface area contributed by atoms with Crippen LogP contribution in [0.1, 0.15) is 45.3 Å². The molecule has 3 unspecified atom stereocenters. The number of amides is 1. The van der Waals surface area contributed by atoms with Crippen LogP contribution in [0.15, 0.2) is 29.2 Å². The third-order valence-corrected chi connectivity index (χ3v) is 4.84. The molecule has 1 heterocycles. The van der Waals surface area contributed by atoms with Crippen LogP contribution < -0.4 is 5.32 Å². The summed E-state index contributed by atoms with van der Waals surface area (Å²) in [5, 5.41) is 3.48. The molecule has 1 saturated heterocycles. The zero-order chi connectivity index (χ0) is 14.7. The van der Waals surface area contributed by atoms with Crippen molar-refractivity contribution in [1.82, 2.24) is 10.2 Å². The molecule has 0 saturated carbocycles. The van der Waals surface area contributed by atoms with Gasteiger partial charge in [0, 0.05) is 10.9 Å². The fourth-order valence-electron chi connectivity index (χ4n) is 2.65. The smallest absolute Gasteiger partial charge is 0.241 e. The van der Waals surface area contributed by atoms with Gasteiger partial charge < -0.3 is 4.90 Å². The Bertz CT molecular complexity index is 460. The van der Waals surface area contributed by atoms with Crippen molar-refractivity contribution in [2.45, 2.75) is 56.8 Å². The van der Waals surface area contributed by atoms with Gasteiger partial charge in [-0.25, -0.2) is 0 Å². The van der Waals surface area contributed by atoms with Crippen LogP contribution in [-0.4, -0.2) is 29.1 Å². The number of benzene rings is 1. The number of carbonyl (C=O) groups is 1. The summed E-state index contributed by atoms with van der Waals surface area (Å²) in [5.74, 6) is 0.237. The van der Waals surface area contributed by atoms with Crippen LogP contribution in [0, 0.1) is 0 Å². The van der Waals surface area contributed by atoms with Crippen LogP contribution in [0.4, 0.5) is 0 Å². The Morgan fingerprint density at radius 1 is 1.30 bits per heavy atom. The standard InChI is InChI=1S/C16H24N2OS/c1-5-11(3)18-15(17-14(6-2)16(18)19)12-7-9-13(20-4)10-8-12/h7-11,14-15,17H,5-6H2,1-4H3. The number of hydrogen-bond acceptors (Lipinski definition) is 3. The summed E-state index contributed by atoms with van der Waals surface area (Å²) < 4.78 is 0. The minimum atomic E-state index is -0.0470. The van der Waals surface area contributed by atoms with Crippen molar-refractivity contribution in [3.05, 3.63) is 29.8 Å². The van der Waals surface area contributed by atoms with E-state index in [0.717, 1.165) is 12.8 Å². The topological polar surface area (TPSA) is 32.3 Å². The lowest BCUT2D eigenvalue weighted by Crippen LogP contribution is -2.38. The summed E-state index contributed by atoms with van der Waals surface area (Å²) in [6.07, 6.45) is 3.90. The van der Waals surface area contributed by atoms with E-state index in [0.29, 0.717) is 0 Å². The molecule has 3 atom stereocenters.